The van der Waals surface area contributed by atoms with Gasteiger partial charge in [0.25, 0.3) is 11.8 Å². The summed E-state index contributed by atoms with van der Waals surface area (Å²) in [5, 5.41) is 8.89. The highest BCUT2D eigenvalue weighted by Gasteiger charge is 2.37. The Hall–Kier alpha value is -2.70. The molecule has 7 heteroatoms. The topological polar surface area (TPSA) is 101 Å². The van der Waals surface area contributed by atoms with E-state index in [-0.39, 0.29) is 22.8 Å². The summed E-state index contributed by atoms with van der Waals surface area (Å²) in [6, 6.07) is 3.64. The molecule has 0 saturated heterocycles. The van der Waals surface area contributed by atoms with Gasteiger partial charge in [0.1, 0.15) is 6.54 Å². The molecule has 0 saturated carbocycles. The van der Waals surface area contributed by atoms with E-state index in [0.717, 1.165) is 11.0 Å². The predicted octanol–water partition coefficient (Wildman–Crippen LogP) is 0.932. The number of carboxylic acid groups (broad SMARTS) is 1. The van der Waals surface area contributed by atoms with Gasteiger partial charge in [0.05, 0.1) is 22.8 Å². The second-order valence-electron chi connectivity index (χ2n) is 4.80. The second-order valence-corrected chi connectivity index (χ2v) is 4.80. The van der Waals surface area contributed by atoms with Gasteiger partial charge in [0.2, 0.25) is 0 Å². The Labute approximate surface area is 120 Å². The van der Waals surface area contributed by atoms with Crippen molar-refractivity contribution in [1.82, 2.24) is 4.90 Å². The van der Waals surface area contributed by atoms with E-state index in [1.54, 1.807) is 13.8 Å². The molecule has 0 unspecified atom stereocenters. The fraction of sp³-hybridized carbons (Fsp3) is 0.286. The average Bonchev–Trinajstić information content (AvgIpc) is 2.62. The molecule has 1 N–H and O–H groups in total. The van der Waals surface area contributed by atoms with E-state index in [4.69, 9.17) is 9.84 Å². The van der Waals surface area contributed by atoms with E-state index in [1.165, 1.54) is 12.1 Å². The third kappa shape index (κ3) is 2.76. The first-order valence-electron chi connectivity index (χ1n) is 6.24. The third-order valence-electron chi connectivity index (χ3n) is 2.87. The first-order chi connectivity index (χ1) is 9.81. The van der Waals surface area contributed by atoms with Crippen molar-refractivity contribution in [3.05, 3.63) is 34.9 Å². The Bertz CT molecular complexity index is 649. The molecule has 0 atom stereocenters. The van der Waals surface area contributed by atoms with Crippen LogP contribution in [0.2, 0.25) is 0 Å². The zero-order valence-electron chi connectivity index (χ0n) is 11.5. The maximum atomic E-state index is 12.1. The van der Waals surface area contributed by atoms with Crippen LogP contribution in [0, 0.1) is 0 Å². The molecule has 0 bridgehead atoms. The molecule has 1 aromatic carbocycles. The van der Waals surface area contributed by atoms with Crippen LogP contribution in [0.3, 0.4) is 0 Å². The summed E-state index contributed by atoms with van der Waals surface area (Å²) in [7, 11) is 0. The molecule has 1 heterocycles. The standard InChI is InChI=1S/C14H13NO6/c1-7(2)21-11(16)6-15-12(17)9-4-3-8(14(19)20)5-10(9)13(15)18/h3-5,7H,6H2,1-2H3,(H,19,20). The van der Waals surface area contributed by atoms with Crippen LogP contribution in [0.4, 0.5) is 0 Å². The minimum Gasteiger partial charge on any atom is -0.478 e. The summed E-state index contributed by atoms with van der Waals surface area (Å²) in [4.78, 5) is 47.4. The van der Waals surface area contributed by atoms with E-state index in [2.05, 4.69) is 0 Å². The van der Waals surface area contributed by atoms with E-state index >= 15 is 0 Å². The van der Waals surface area contributed by atoms with Crippen molar-refractivity contribution >= 4 is 23.8 Å². The van der Waals surface area contributed by atoms with Crippen LogP contribution in [0.5, 0.6) is 0 Å². The lowest BCUT2D eigenvalue weighted by Gasteiger charge is -2.14. The Balaban J connectivity index is 2.26. The summed E-state index contributed by atoms with van der Waals surface area (Å²) in [5.74, 6) is -3.22. The largest absolute Gasteiger partial charge is 0.478 e. The Morgan fingerprint density at radius 1 is 1.19 bits per heavy atom. The molecule has 0 aromatic heterocycles. The van der Waals surface area contributed by atoms with Crippen LogP contribution in [0.1, 0.15) is 44.9 Å². The van der Waals surface area contributed by atoms with Crippen molar-refractivity contribution in [2.75, 3.05) is 6.54 Å². The van der Waals surface area contributed by atoms with Crippen molar-refractivity contribution in [2.24, 2.45) is 0 Å². The van der Waals surface area contributed by atoms with E-state index < -0.39 is 30.3 Å². The van der Waals surface area contributed by atoms with Gasteiger partial charge in [-0.3, -0.25) is 19.3 Å². The van der Waals surface area contributed by atoms with Crippen molar-refractivity contribution in [1.29, 1.82) is 0 Å². The quantitative estimate of drug-likeness (QED) is 0.654. The molecule has 21 heavy (non-hydrogen) atoms. The lowest BCUT2D eigenvalue weighted by Crippen LogP contribution is -2.36. The van der Waals surface area contributed by atoms with Crippen molar-refractivity contribution in [3.63, 3.8) is 0 Å². The zero-order chi connectivity index (χ0) is 15.7. The fourth-order valence-corrected chi connectivity index (χ4v) is 2.00. The van der Waals surface area contributed by atoms with Crippen molar-refractivity contribution in [3.8, 4) is 0 Å². The summed E-state index contributed by atoms with van der Waals surface area (Å²) in [6.07, 6.45) is -0.355. The number of carboxylic acids is 1. The molecule has 2 rings (SSSR count). The molecule has 0 fully saturated rings. The molecule has 0 spiro atoms. The number of esters is 1. The number of imide groups is 1. The number of amides is 2. The van der Waals surface area contributed by atoms with E-state index in [0.29, 0.717) is 0 Å². The molecule has 0 aliphatic carbocycles. The number of rotatable bonds is 4. The number of benzene rings is 1. The van der Waals surface area contributed by atoms with Crippen LogP contribution >= 0.6 is 0 Å². The number of carbonyl (C=O) groups excluding carboxylic acids is 3. The molecule has 7 nitrogen and oxygen atoms in total. The fourth-order valence-electron chi connectivity index (χ4n) is 2.00. The number of fused-ring (bicyclic) bond motifs is 1. The number of aromatic carboxylic acids is 1. The Morgan fingerprint density at radius 3 is 2.38 bits per heavy atom. The van der Waals surface area contributed by atoms with E-state index in [1.807, 2.05) is 0 Å². The molecule has 1 aliphatic rings. The van der Waals surface area contributed by atoms with Crippen LogP contribution in [0.15, 0.2) is 18.2 Å². The van der Waals surface area contributed by atoms with Gasteiger partial charge in [-0.25, -0.2) is 4.79 Å². The minimum atomic E-state index is -1.20. The monoisotopic (exact) mass is 291 g/mol. The summed E-state index contributed by atoms with van der Waals surface area (Å²) in [5.41, 5.74) is -0.0268. The number of carbonyl (C=O) groups is 4. The van der Waals surface area contributed by atoms with Crippen molar-refractivity contribution in [2.45, 2.75) is 20.0 Å². The molecule has 1 aromatic rings. The lowest BCUT2D eigenvalue weighted by molar-refractivity contribution is -0.147. The lowest BCUT2D eigenvalue weighted by atomic mass is 10.1. The van der Waals surface area contributed by atoms with Crippen LogP contribution in [-0.4, -0.2) is 46.4 Å². The molecule has 110 valence electrons. The van der Waals surface area contributed by atoms with Crippen molar-refractivity contribution < 1.29 is 29.0 Å². The molecule has 2 amide bonds. The van der Waals surface area contributed by atoms with Crippen LogP contribution in [0.25, 0.3) is 0 Å². The summed E-state index contributed by atoms with van der Waals surface area (Å²) < 4.78 is 4.89. The summed E-state index contributed by atoms with van der Waals surface area (Å²) >= 11 is 0. The molecular formula is C14H13NO6. The average molecular weight is 291 g/mol. The van der Waals surface area contributed by atoms with Gasteiger partial charge in [-0.2, -0.15) is 0 Å². The molecule has 1 aliphatic heterocycles. The zero-order valence-corrected chi connectivity index (χ0v) is 11.5. The highest BCUT2D eigenvalue weighted by Crippen LogP contribution is 2.24. The normalized spacial score (nSPS) is 13.6. The van der Waals surface area contributed by atoms with Gasteiger partial charge in [-0.1, -0.05) is 0 Å². The predicted molar refractivity (Wildman–Crippen MR) is 70.0 cm³/mol. The first kappa shape index (κ1) is 14.7. The molecular weight excluding hydrogens is 278 g/mol. The van der Waals surface area contributed by atoms with Gasteiger partial charge in [0, 0.05) is 0 Å². The number of hydrogen-bond acceptors (Lipinski definition) is 5. The third-order valence-corrected chi connectivity index (χ3v) is 2.87. The van der Waals surface area contributed by atoms with Gasteiger partial charge < -0.3 is 9.84 Å². The SMILES string of the molecule is CC(C)OC(=O)CN1C(=O)c2ccc(C(=O)O)cc2C1=O. The maximum absolute atomic E-state index is 12.1. The smallest absolute Gasteiger partial charge is 0.335 e. The van der Waals surface area contributed by atoms with Gasteiger partial charge in [-0.15, -0.1) is 0 Å². The van der Waals surface area contributed by atoms with Crippen LogP contribution in [-0.2, 0) is 9.53 Å². The number of hydrogen-bond donors (Lipinski definition) is 1. The minimum absolute atomic E-state index is 0.0164. The van der Waals surface area contributed by atoms with E-state index in [9.17, 15) is 19.2 Å². The molecule has 0 radical (unpaired) electrons. The summed E-state index contributed by atoms with van der Waals surface area (Å²) in [6.45, 7) is 2.81. The van der Waals surface area contributed by atoms with Gasteiger partial charge in [-0.05, 0) is 32.0 Å². The highest BCUT2D eigenvalue weighted by molar-refractivity contribution is 6.22. The Morgan fingerprint density at radius 2 is 1.81 bits per heavy atom. The second kappa shape index (κ2) is 5.35. The number of ether oxygens (including phenoxy) is 1. The van der Waals surface area contributed by atoms with Crippen LogP contribution < -0.4 is 0 Å². The number of nitrogens with zero attached hydrogens (tertiary/aromatic N) is 1. The highest BCUT2D eigenvalue weighted by atomic mass is 16.5. The Kier molecular flexibility index (Phi) is 3.75. The van der Waals surface area contributed by atoms with Gasteiger partial charge >= 0.3 is 11.9 Å². The van der Waals surface area contributed by atoms with Gasteiger partial charge in [0.15, 0.2) is 0 Å². The maximum Gasteiger partial charge on any atom is 0.335 e. The first-order valence-corrected chi connectivity index (χ1v) is 6.24.